The summed E-state index contributed by atoms with van der Waals surface area (Å²) in [5.74, 6) is -0.114. The maximum atomic E-state index is 12.5. The van der Waals surface area contributed by atoms with Crippen molar-refractivity contribution in [2.45, 2.75) is 13.0 Å². The summed E-state index contributed by atoms with van der Waals surface area (Å²) in [5, 5.41) is 6.55. The molecular weight excluding hydrogens is 487 g/mol. The minimum absolute atomic E-state index is 0.197. The molecule has 6 nitrogen and oxygen atoms in total. The molecule has 4 aromatic rings. The highest BCUT2D eigenvalue weighted by molar-refractivity contribution is 6.36. The van der Waals surface area contributed by atoms with Crippen LogP contribution in [0.15, 0.2) is 90.0 Å². The van der Waals surface area contributed by atoms with Crippen molar-refractivity contribution in [3.05, 3.63) is 106 Å². The number of fused-ring (bicyclic) bond motifs is 1. The van der Waals surface area contributed by atoms with Gasteiger partial charge in [0, 0.05) is 10.4 Å². The number of carbonyl (C=O) groups is 2. The molecule has 1 amide bonds. The summed E-state index contributed by atoms with van der Waals surface area (Å²) in [6.07, 6.45) is 0.671. The van der Waals surface area contributed by atoms with Gasteiger partial charge >= 0.3 is 5.97 Å². The maximum absolute atomic E-state index is 12.5. The number of carbonyl (C=O) groups excluding carboxylic acids is 2. The molecule has 1 unspecified atom stereocenters. The minimum atomic E-state index is -0.769. The van der Waals surface area contributed by atoms with Gasteiger partial charge in [-0.2, -0.15) is 5.10 Å². The summed E-state index contributed by atoms with van der Waals surface area (Å²) >= 11 is 11.9. The predicted molar refractivity (Wildman–Crippen MR) is 138 cm³/mol. The Hall–Kier alpha value is -3.87. The average Bonchev–Trinajstić information content (AvgIpc) is 2.84. The molecule has 0 aliphatic heterocycles. The molecule has 0 aliphatic rings. The van der Waals surface area contributed by atoms with E-state index in [0.717, 1.165) is 10.8 Å². The van der Waals surface area contributed by atoms with Gasteiger partial charge in [-0.25, -0.2) is 10.2 Å². The van der Waals surface area contributed by atoms with Crippen molar-refractivity contribution in [1.82, 2.24) is 5.43 Å². The second-order valence-corrected chi connectivity index (χ2v) is 8.40. The standard InChI is InChI=1S/C27H20Cl2N2O4/c1-17(34-25-11-5-8-19-7-2-3-10-22(19)25)26(32)31-30-16-18-6-4-9-21(14-18)35-27(33)23-13-12-20(28)15-24(23)29/h2-17H,1H3,(H,31,32)/b30-16+. The van der Waals surface area contributed by atoms with Gasteiger partial charge in [0.1, 0.15) is 11.5 Å². The zero-order valence-corrected chi connectivity index (χ0v) is 20.1. The molecule has 176 valence electrons. The second kappa shape index (κ2) is 11.0. The fourth-order valence-electron chi connectivity index (χ4n) is 3.28. The fourth-order valence-corrected chi connectivity index (χ4v) is 3.76. The van der Waals surface area contributed by atoms with Crippen LogP contribution >= 0.6 is 23.2 Å². The van der Waals surface area contributed by atoms with E-state index >= 15 is 0 Å². The van der Waals surface area contributed by atoms with Crippen molar-refractivity contribution < 1.29 is 19.1 Å². The van der Waals surface area contributed by atoms with E-state index in [1.807, 2.05) is 42.5 Å². The monoisotopic (exact) mass is 506 g/mol. The summed E-state index contributed by atoms with van der Waals surface area (Å²) in [6.45, 7) is 1.65. The van der Waals surface area contributed by atoms with Crippen LogP contribution in [-0.4, -0.2) is 24.2 Å². The van der Waals surface area contributed by atoms with E-state index in [9.17, 15) is 9.59 Å². The van der Waals surface area contributed by atoms with E-state index < -0.39 is 18.0 Å². The highest BCUT2D eigenvalue weighted by atomic mass is 35.5. The van der Waals surface area contributed by atoms with Gasteiger partial charge in [-0.3, -0.25) is 4.79 Å². The lowest BCUT2D eigenvalue weighted by Gasteiger charge is -2.14. The maximum Gasteiger partial charge on any atom is 0.345 e. The first kappa shape index (κ1) is 24.3. The number of ether oxygens (including phenoxy) is 2. The molecule has 0 saturated heterocycles. The topological polar surface area (TPSA) is 77.0 Å². The third-order valence-corrected chi connectivity index (χ3v) is 5.58. The highest BCUT2D eigenvalue weighted by Gasteiger charge is 2.16. The van der Waals surface area contributed by atoms with E-state index in [1.54, 1.807) is 37.3 Å². The van der Waals surface area contributed by atoms with E-state index in [2.05, 4.69) is 10.5 Å². The molecule has 4 rings (SSSR count). The molecule has 4 aromatic carbocycles. The number of hydrogen-bond donors (Lipinski definition) is 1. The Morgan fingerprint density at radius 2 is 1.71 bits per heavy atom. The van der Waals surface area contributed by atoms with Gasteiger partial charge in [0.2, 0.25) is 0 Å². The summed E-state index contributed by atoms with van der Waals surface area (Å²) < 4.78 is 11.2. The summed E-state index contributed by atoms with van der Waals surface area (Å²) in [5.41, 5.74) is 3.27. The lowest BCUT2D eigenvalue weighted by atomic mass is 10.1. The van der Waals surface area contributed by atoms with E-state index in [-0.39, 0.29) is 10.6 Å². The molecule has 0 heterocycles. The van der Waals surface area contributed by atoms with Crippen LogP contribution < -0.4 is 14.9 Å². The second-order valence-electron chi connectivity index (χ2n) is 7.56. The normalized spacial score (nSPS) is 11.9. The first-order valence-corrected chi connectivity index (χ1v) is 11.4. The Labute approximate surface area is 212 Å². The van der Waals surface area contributed by atoms with Gasteiger partial charge in [0.15, 0.2) is 6.10 Å². The van der Waals surface area contributed by atoms with Gasteiger partial charge in [-0.05, 0) is 54.3 Å². The smallest absolute Gasteiger partial charge is 0.345 e. The molecule has 0 aliphatic carbocycles. The minimum Gasteiger partial charge on any atom is -0.480 e. The van der Waals surface area contributed by atoms with Crippen molar-refractivity contribution in [3.63, 3.8) is 0 Å². The Morgan fingerprint density at radius 1 is 0.943 bits per heavy atom. The van der Waals surface area contributed by atoms with Gasteiger partial charge in [-0.1, -0.05) is 71.7 Å². The van der Waals surface area contributed by atoms with Gasteiger partial charge in [0.25, 0.3) is 5.91 Å². The molecule has 8 heteroatoms. The Morgan fingerprint density at radius 3 is 2.54 bits per heavy atom. The molecule has 0 fully saturated rings. The third-order valence-electron chi connectivity index (χ3n) is 5.03. The number of esters is 1. The third kappa shape index (κ3) is 6.18. The molecule has 1 atom stereocenters. The van der Waals surface area contributed by atoms with Crippen molar-refractivity contribution in [3.8, 4) is 11.5 Å². The number of nitrogens with one attached hydrogen (secondary N) is 1. The van der Waals surface area contributed by atoms with Gasteiger partial charge in [0.05, 0.1) is 16.8 Å². The van der Waals surface area contributed by atoms with Crippen LogP contribution in [0.3, 0.4) is 0 Å². The lowest BCUT2D eigenvalue weighted by molar-refractivity contribution is -0.127. The summed E-state index contributed by atoms with van der Waals surface area (Å²) in [6, 6.07) is 24.6. The SMILES string of the molecule is CC(Oc1cccc2ccccc12)C(=O)N/N=C/c1cccc(OC(=O)c2ccc(Cl)cc2Cl)c1. The average molecular weight is 507 g/mol. The largest absolute Gasteiger partial charge is 0.480 e. The first-order valence-electron chi connectivity index (χ1n) is 10.7. The molecule has 0 bridgehead atoms. The molecule has 1 N–H and O–H groups in total. The van der Waals surface area contributed by atoms with Crippen molar-refractivity contribution in [2.24, 2.45) is 5.10 Å². The molecule has 0 saturated carbocycles. The first-order chi connectivity index (χ1) is 16.9. The number of rotatable bonds is 7. The van der Waals surface area contributed by atoms with Crippen LogP contribution in [0.5, 0.6) is 11.5 Å². The van der Waals surface area contributed by atoms with Crippen LogP contribution in [0.4, 0.5) is 0 Å². The van der Waals surface area contributed by atoms with Crippen LogP contribution in [0.1, 0.15) is 22.8 Å². The van der Waals surface area contributed by atoms with Crippen molar-refractivity contribution in [1.29, 1.82) is 0 Å². The quantitative estimate of drug-likeness (QED) is 0.138. The molecule has 0 radical (unpaired) electrons. The van der Waals surface area contributed by atoms with Gasteiger partial charge < -0.3 is 9.47 Å². The number of halogens is 2. The van der Waals surface area contributed by atoms with Gasteiger partial charge in [-0.15, -0.1) is 0 Å². The van der Waals surface area contributed by atoms with Crippen LogP contribution in [-0.2, 0) is 4.79 Å². The molecule has 35 heavy (non-hydrogen) atoms. The van der Waals surface area contributed by atoms with E-state index in [4.69, 9.17) is 32.7 Å². The predicted octanol–water partition coefficient (Wildman–Crippen LogP) is 6.28. The number of benzene rings is 4. The lowest BCUT2D eigenvalue weighted by Crippen LogP contribution is -2.33. The summed E-state index contributed by atoms with van der Waals surface area (Å²) in [4.78, 5) is 24.9. The number of nitrogens with zero attached hydrogens (tertiary/aromatic N) is 1. The molecular formula is C27H20Cl2N2O4. The zero-order valence-electron chi connectivity index (χ0n) is 18.6. The van der Waals surface area contributed by atoms with E-state index in [0.29, 0.717) is 22.1 Å². The zero-order chi connectivity index (χ0) is 24.8. The molecule has 0 spiro atoms. The highest BCUT2D eigenvalue weighted by Crippen LogP contribution is 2.26. The fraction of sp³-hybridized carbons (Fsp3) is 0.0741. The van der Waals surface area contributed by atoms with Crippen molar-refractivity contribution >= 4 is 52.1 Å². The van der Waals surface area contributed by atoms with E-state index in [1.165, 1.54) is 18.3 Å². The van der Waals surface area contributed by atoms with Crippen LogP contribution in [0, 0.1) is 0 Å². The van der Waals surface area contributed by atoms with Crippen molar-refractivity contribution in [2.75, 3.05) is 0 Å². The Kier molecular flexibility index (Phi) is 7.65. The van der Waals surface area contributed by atoms with Crippen LogP contribution in [0.25, 0.3) is 10.8 Å². The Balaban J connectivity index is 1.36. The number of hydrogen-bond acceptors (Lipinski definition) is 5. The van der Waals surface area contributed by atoms with Crippen LogP contribution in [0.2, 0.25) is 10.0 Å². The summed E-state index contributed by atoms with van der Waals surface area (Å²) in [7, 11) is 0. The molecule has 0 aromatic heterocycles. The Bertz CT molecular complexity index is 1420. The number of amides is 1. The number of hydrazone groups is 1.